The van der Waals surface area contributed by atoms with E-state index in [2.05, 4.69) is 21.2 Å². The van der Waals surface area contributed by atoms with Gasteiger partial charge in [0.1, 0.15) is 5.75 Å². The molecule has 0 aliphatic carbocycles. The Morgan fingerprint density at radius 3 is 2.56 bits per heavy atom. The second-order valence-corrected chi connectivity index (χ2v) is 5.00. The lowest BCUT2D eigenvalue weighted by atomic mass is 10.1. The number of benzene rings is 1. The number of rotatable bonds is 7. The molecular weight excluding hydrogens is 294 g/mol. The molecule has 0 heterocycles. The van der Waals surface area contributed by atoms with E-state index in [4.69, 9.17) is 4.74 Å². The van der Waals surface area contributed by atoms with Gasteiger partial charge in [-0.2, -0.15) is 0 Å². The van der Waals surface area contributed by atoms with Gasteiger partial charge in [0, 0.05) is 11.8 Å². The van der Waals surface area contributed by atoms with E-state index in [1.54, 1.807) is 7.11 Å². The number of nitrogens with one attached hydrogen (secondary N) is 1. The van der Waals surface area contributed by atoms with Gasteiger partial charge in [0.15, 0.2) is 0 Å². The predicted octanol–water partition coefficient (Wildman–Crippen LogP) is 3.44. The maximum atomic E-state index is 11.7. The molecule has 18 heavy (non-hydrogen) atoms. The predicted molar refractivity (Wildman–Crippen MR) is 77.2 cm³/mol. The first kappa shape index (κ1) is 15.0. The molecule has 4 heteroatoms. The van der Waals surface area contributed by atoms with Gasteiger partial charge in [-0.05, 0) is 37.5 Å². The van der Waals surface area contributed by atoms with Crippen LogP contribution in [-0.2, 0) is 4.79 Å². The summed E-state index contributed by atoms with van der Waals surface area (Å²) < 4.78 is 5.10. The van der Waals surface area contributed by atoms with Gasteiger partial charge in [-0.1, -0.05) is 28.1 Å². The molecule has 1 aromatic carbocycles. The number of amides is 1. The van der Waals surface area contributed by atoms with Gasteiger partial charge in [0.2, 0.25) is 5.91 Å². The molecule has 100 valence electrons. The molecule has 0 fully saturated rings. The molecule has 0 unspecified atom stereocenters. The van der Waals surface area contributed by atoms with E-state index in [1.807, 2.05) is 31.2 Å². The van der Waals surface area contributed by atoms with Crippen LogP contribution in [0.3, 0.4) is 0 Å². The fourth-order valence-corrected chi connectivity index (χ4v) is 2.07. The lowest BCUT2D eigenvalue weighted by molar-refractivity contribution is -0.121. The van der Waals surface area contributed by atoms with Crippen LogP contribution in [0, 0.1) is 0 Å². The van der Waals surface area contributed by atoms with Crippen LogP contribution in [0.5, 0.6) is 5.75 Å². The first-order valence-corrected chi connectivity index (χ1v) is 7.28. The fraction of sp³-hybridized carbons (Fsp3) is 0.500. The summed E-state index contributed by atoms with van der Waals surface area (Å²) in [6.45, 7) is 1.99. The number of unbranched alkanes of at least 4 members (excludes halogenated alkanes) is 1. The van der Waals surface area contributed by atoms with E-state index in [0.717, 1.165) is 29.5 Å². The van der Waals surface area contributed by atoms with Crippen molar-refractivity contribution < 1.29 is 9.53 Å². The zero-order chi connectivity index (χ0) is 13.4. The highest BCUT2D eigenvalue weighted by Crippen LogP contribution is 2.17. The molecule has 0 saturated heterocycles. The third-order valence-corrected chi connectivity index (χ3v) is 3.34. The highest BCUT2D eigenvalue weighted by molar-refractivity contribution is 9.09. The van der Waals surface area contributed by atoms with Crippen molar-refractivity contribution in [2.75, 3.05) is 12.4 Å². The number of alkyl halides is 1. The summed E-state index contributed by atoms with van der Waals surface area (Å²) in [6, 6.07) is 7.79. The number of carbonyl (C=O) groups excluding carboxylic acids is 1. The normalized spacial score (nSPS) is 11.9. The van der Waals surface area contributed by atoms with Crippen molar-refractivity contribution in [1.29, 1.82) is 0 Å². The molecule has 1 amide bonds. The third-order valence-electron chi connectivity index (χ3n) is 2.78. The summed E-state index contributed by atoms with van der Waals surface area (Å²) in [5, 5.41) is 3.95. The van der Waals surface area contributed by atoms with E-state index < -0.39 is 0 Å². The van der Waals surface area contributed by atoms with Gasteiger partial charge in [0.25, 0.3) is 0 Å². The first-order chi connectivity index (χ1) is 8.67. The van der Waals surface area contributed by atoms with Crippen LogP contribution < -0.4 is 10.1 Å². The molecule has 1 rings (SSSR count). The van der Waals surface area contributed by atoms with Gasteiger partial charge < -0.3 is 10.1 Å². The highest BCUT2D eigenvalue weighted by Gasteiger charge is 2.09. The molecule has 0 aliphatic heterocycles. The van der Waals surface area contributed by atoms with Crippen molar-refractivity contribution in [2.24, 2.45) is 0 Å². The lowest BCUT2D eigenvalue weighted by Gasteiger charge is -2.14. The minimum absolute atomic E-state index is 0.0346. The molecule has 0 aliphatic rings. The van der Waals surface area contributed by atoms with Crippen molar-refractivity contribution >= 4 is 21.8 Å². The molecule has 0 saturated carbocycles. The number of methoxy groups -OCH3 is 1. The first-order valence-electron chi connectivity index (χ1n) is 6.16. The maximum absolute atomic E-state index is 11.7. The van der Waals surface area contributed by atoms with Crippen LogP contribution in [0.25, 0.3) is 0 Å². The Hall–Kier alpha value is -1.03. The fourth-order valence-electron chi connectivity index (χ4n) is 1.67. The second kappa shape index (κ2) is 8.14. The Bertz CT molecular complexity index is 365. The summed E-state index contributed by atoms with van der Waals surface area (Å²) in [7, 11) is 1.64. The smallest absolute Gasteiger partial charge is 0.220 e. The van der Waals surface area contributed by atoms with Crippen molar-refractivity contribution in [3.63, 3.8) is 0 Å². The average molecular weight is 314 g/mol. The summed E-state index contributed by atoms with van der Waals surface area (Å²) in [5.74, 6) is 0.939. The number of ether oxygens (including phenoxy) is 1. The van der Waals surface area contributed by atoms with E-state index in [1.165, 1.54) is 0 Å². The highest BCUT2D eigenvalue weighted by atomic mass is 79.9. The molecule has 3 nitrogen and oxygen atoms in total. The standard InChI is InChI=1S/C14H20BrNO2/c1-11(16-14(17)5-3-4-10-15)12-6-8-13(18-2)9-7-12/h6-9,11H,3-5,10H2,1-2H3,(H,16,17)/t11-/m1/s1. The number of carbonyl (C=O) groups is 1. The van der Waals surface area contributed by atoms with Crippen molar-refractivity contribution in [3.8, 4) is 5.75 Å². The molecule has 1 aromatic rings. The number of hydrogen-bond acceptors (Lipinski definition) is 2. The van der Waals surface area contributed by atoms with Crippen LogP contribution in [-0.4, -0.2) is 18.3 Å². The quantitative estimate of drug-likeness (QED) is 0.618. The number of hydrogen-bond donors (Lipinski definition) is 1. The largest absolute Gasteiger partial charge is 0.497 e. The second-order valence-electron chi connectivity index (χ2n) is 4.21. The monoisotopic (exact) mass is 313 g/mol. The summed E-state index contributed by atoms with van der Waals surface area (Å²) in [4.78, 5) is 11.7. The summed E-state index contributed by atoms with van der Waals surface area (Å²) in [6.07, 6.45) is 2.54. The average Bonchev–Trinajstić information content (AvgIpc) is 2.39. The molecule has 0 radical (unpaired) electrons. The van der Waals surface area contributed by atoms with Crippen molar-refractivity contribution in [1.82, 2.24) is 5.32 Å². The lowest BCUT2D eigenvalue weighted by Crippen LogP contribution is -2.26. The minimum atomic E-state index is 0.0346. The SMILES string of the molecule is COc1ccc([C@@H](C)NC(=O)CCCCBr)cc1. The molecular formula is C14H20BrNO2. The van der Waals surface area contributed by atoms with Crippen molar-refractivity contribution in [2.45, 2.75) is 32.2 Å². The van der Waals surface area contributed by atoms with Crippen LogP contribution in [0.1, 0.15) is 37.8 Å². The van der Waals surface area contributed by atoms with Gasteiger partial charge >= 0.3 is 0 Å². The van der Waals surface area contributed by atoms with E-state index in [-0.39, 0.29) is 11.9 Å². The van der Waals surface area contributed by atoms with Gasteiger partial charge in [0.05, 0.1) is 13.2 Å². The zero-order valence-corrected chi connectivity index (χ0v) is 12.5. The molecule has 0 aromatic heterocycles. The Balaban J connectivity index is 2.43. The molecule has 1 atom stereocenters. The summed E-state index contributed by atoms with van der Waals surface area (Å²) >= 11 is 3.36. The van der Waals surface area contributed by atoms with Gasteiger partial charge in [-0.15, -0.1) is 0 Å². The Labute approximate surface area is 117 Å². The van der Waals surface area contributed by atoms with E-state index in [0.29, 0.717) is 6.42 Å². The zero-order valence-electron chi connectivity index (χ0n) is 10.9. The number of halogens is 1. The Morgan fingerprint density at radius 1 is 1.33 bits per heavy atom. The summed E-state index contributed by atoms with van der Waals surface area (Å²) in [5.41, 5.74) is 1.09. The molecule has 1 N–H and O–H groups in total. The third kappa shape index (κ3) is 5.08. The Morgan fingerprint density at radius 2 is 2.00 bits per heavy atom. The van der Waals surface area contributed by atoms with Crippen LogP contribution in [0.15, 0.2) is 24.3 Å². The van der Waals surface area contributed by atoms with E-state index >= 15 is 0 Å². The van der Waals surface area contributed by atoms with Crippen molar-refractivity contribution in [3.05, 3.63) is 29.8 Å². The van der Waals surface area contributed by atoms with Crippen LogP contribution in [0.4, 0.5) is 0 Å². The van der Waals surface area contributed by atoms with Gasteiger partial charge in [-0.3, -0.25) is 4.79 Å². The topological polar surface area (TPSA) is 38.3 Å². The van der Waals surface area contributed by atoms with Crippen LogP contribution >= 0.6 is 15.9 Å². The Kier molecular flexibility index (Phi) is 6.80. The maximum Gasteiger partial charge on any atom is 0.220 e. The molecule has 0 spiro atoms. The van der Waals surface area contributed by atoms with Crippen LogP contribution in [0.2, 0.25) is 0 Å². The van der Waals surface area contributed by atoms with Gasteiger partial charge in [-0.25, -0.2) is 0 Å². The minimum Gasteiger partial charge on any atom is -0.497 e. The molecule has 0 bridgehead atoms. The van der Waals surface area contributed by atoms with E-state index in [9.17, 15) is 4.79 Å².